The maximum atomic E-state index is 5.74. The summed E-state index contributed by atoms with van der Waals surface area (Å²) < 4.78 is 0. The van der Waals surface area contributed by atoms with Crippen LogP contribution in [0.4, 0.5) is 5.69 Å². The number of hydrogen-bond donors (Lipinski definition) is 2. The maximum absolute atomic E-state index is 5.74. The molecule has 0 amide bonds. The van der Waals surface area contributed by atoms with Crippen LogP contribution in [0.25, 0.3) is 11.2 Å². The first-order valence-corrected chi connectivity index (χ1v) is 6.10. The molecule has 0 saturated carbocycles. The molecule has 0 fully saturated rings. The molecular weight excluding hydrogens is 248 g/mol. The van der Waals surface area contributed by atoms with Crippen LogP contribution in [0.1, 0.15) is 5.56 Å². The Balaban J connectivity index is 2.01. The average molecular weight is 258 g/mol. The van der Waals surface area contributed by atoms with E-state index in [4.69, 9.17) is 5.73 Å². The van der Waals surface area contributed by atoms with E-state index in [9.17, 15) is 0 Å². The van der Waals surface area contributed by atoms with Gasteiger partial charge in [0.1, 0.15) is 21.9 Å². The van der Waals surface area contributed by atoms with Gasteiger partial charge in [-0.3, -0.25) is 0 Å². The highest BCUT2D eigenvalue weighted by Gasteiger charge is 2.08. The number of aryl methyl sites for hydroxylation is 1. The second-order valence-electron chi connectivity index (χ2n) is 3.76. The number of nitrogen functional groups attached to an aromatic ring is 1. The Morgan fingerprint density at radius 1 is 1.22 bits per heavy atom. The van der Waals surface area contributed by atoms with Gasteiger partial charge in [0.05, 0.1) is 18.2 Å². The minimum atomic E-state index is 0.652. The normalized spacial score (nSPS) is 10.9. The molecule has 0 bridgehead atoms. The third kappa shape index (κ3) is 1.88. The first kappa shape index (κ1) is 11.0. The summed E-state index contributed by atoms with van der Waals surface area (Å²) in [5.74, 6) is 0. The molecule has 0 atom stereocenters. The number of H-pyrrole nitrogens is 1. The highest BCUT2D eigenvalue weighted by Crippen LogP contribution is 2.29. The molecule has 3 rings (SSSR count). The third-order valence-corrected chi connectivity index (χ3v) is 3.45. The monoisotopic (exact) mass is 258 g/mol. The number of nitrogens with one attached hydrogen (secondary N) is 1. The van der Waals surface area contributed by atoms with Crippen LogP contribution in [0.3, 0.4) is 0 Å². The van der Waals surface area contributed by atoms with Gasteiger partial charge in [-0.2, -0.15) is 0 Å². The summed E-state index contributed by atoms with van der Waals surface area (Å²) in [7, 11) is 0. The molecule has 18 heavy (non-hydrogen) atoms. The Kier molecular flexibility index (Phi) is 2.60. The molecule has 0 unspecified atom stereocenters. The number of rotatable bonds is 2. The summed E-state index contributed by atoms with van der Waals surface area (Å²) in [5.41, 5.74) is 8.90. The van der Waals surface area contributed by atoms with Crippen molar-refractivity contribution in [2.75, 3.05) is 5.73 Å². The maximum Gasteiger partial charge on any atom is 0.181 e. The smallest absolute Gasteiger partial charge is 0.181 e. The fourth-order valence-corrected chi connectivity index (χ4v) is 2.41. The lowest BCUT2D eigenvalue weighted by Crippen LogP contribution is -1.92. The van der Waals surface area contributed by atoms with E-state index in [1.807, 2.05) is 13.0 Å². The molecule has 0 aliphatic carbocycles. The van der Waals surface area contributed by atoms with Crippen LogP contribution in [0.15, 0.2) is 35.0 Å². The van der Waals surface area contributed by atoms with Gasteiger partial charge in [-0.25, -0.2) is 19.9 Å². The fraction of sp³-hybridized carbons (Fsp3) is 0.0909. The molecule has 3 aromatic heterocycles. The topological polar surface area (TPSA) is 93.4 Å². The molecule has 6 nitrogen and oxygen atoms in total. The van der Waals surface area contributed by atoms with Crippen molar-refractivity contribution in [3.8, 4) is 0 Å². The molecule has 7 heteroatoms. The zero-order valence-corrected chi connectivity index (χ0v) is 10.4. The van der Waals surface area contributed by atoms with E-state index in [2.05, 4.69) is 24.9 Å². The van der Waals surface area contributed by atoms with Gasteiger partial charge < -0.3 is 10.7 Å². The lowest BCUT2D eigenvalue weighted by atomic mass is 10.3. The summed E-state index contributed by atoms with van der Waals surface area (Å²) >= 11 is 1.46. The van der Waals surface area contributed by atoms with E-state index in [1.165, 1.54) is 18.1 Å². The van der Waals surface area contributed by atoms with Crippen LogP contribution >= 0.6 is 11.8 Å². The molecule has 0 radical (unpaired) electrons. The molecule has 0 aromatic carbocycles. The van der Waals surface area contributed by atoms with Crippen molar-refractivity contribution >= 4 is 28.6 Å². The van der Waals surface area contributed by atoms with Crippen LogP contribution in [-0.4, -0.2) is 24.9 Å². The molecule has 0 aliphatic heterocycles. The largest absolute Gasteiger partial charge is 0.397 e. The summed E-state index contributed by atoms with van der Waals surface area (Å²) in [5, 5.41) is 1.64. The number of pyridine rings is 1. The summed E-state index contributed by atoms with van der Waals surface area (Å²) in [6.07, 6.45) is 4.75. The van der Waals surface area contributed by atoms with E-state index in [0.717, 1.165) is 21.1 Å². The quantitative estimate of drug-likeness (QED) is 0.681. The third-order valence-electron chi connectivity index (χ3n) is 2.52. The van der Waals surface area contributed by atoms with Crippen LogP contribution in [0, 0.1) is 6.92 Å². The average Bonchev–Trinajstić information content (AvgIpc) is 2.83. The zero-order chi connectivity index (χ0) is 12.5. The highest BCUT2D eigenvalue weighted by atomic mass is 32.2. The van der Waals surface area contributed by atoms with Gasteiger partial charge in [-0.15, -0.1) is 0 Å². The van der Waals surface area contributed by atoms with Crippen molar-refractivity contribution in [3.05, 3.63) is 30.5 Å². The van der Waals surface area contributed by atoms with Gasteiger partial charge in [0.15, 0.2) is 5.65 Å². The number of nitrogens with zero attached hydrogens (tertiary/aromatic N) is 4. The zero-order valence-electron chi connectivity index (χ0n) is 9.58. The Hall–Kier alpha value is -2.15. The predicted molar refractivity (Wildman–Crippen MR) is 69.2 cm³/mol. The first-order chi connectivity index (χ1) is 8.74. The van der Waals surface area contributed by atoms with Crippen LogP contribution in [-0.2, 0) is 0 Å². The number of imidazole rings is 1. The van der Waals surface area contributed by atoms with Crippen molar-refractivity contribution in [1.29, 1.82) is 0 Å². The Bertz CT molecular complexity index is 708. The number of fused-ring (bicyclic) bond motifs is 1. The number of aromatic nitrogens is 5. The SMILES string of the molecule is Cc1cc(Sc2ncnc3nc[nH]c23)ncc1N. The van der Waals surface area contributed by atoms with Crippen molar-refractivity contribution in [2.45, 2.75) is 17.0 Å². The molecular formula is C11H10N6S. The predicted octanol–water partition coefficient (Wildman–Crippen LogP) is 1.79. The molecule has 3 heterocycles. The van der Waals surface area contributed by atoms with Crippen LogP contribution in [0.5, 0.6) is 0 Å². The number of anilines is 1. The van der Waals surface area contributed by atoms with Crippen molar-refractivity contribution < 1.29 is 0 Å². The van der Waals surface area contributed by atoms with Crippen molar-refractivity contribution in [3.63, 3.8) is 0 Å². The Morgan fingerprint density at radius 3 is 2.94 bits per heavy atom. The lowest BCUT2D eigenvalue weighted by Gasteiger charge is -2.03. The summed E-state index contributed by atoms with van der Waals surface area (Å²) in [6.45, 7) is 1.95. The summed E-state index contributed by atoms with van der Waals surface area (Å²) in [6, 6.07) is 1.93. The minimum Gasteiger partial charge on any atom is -0.397 e. The lowest BCUT2D eigenvalue weighted by molar-refractivity contribution is 1.06. The summed E-state index contributed by atoms with van der Waals surface area (Å²) in [4.78, 5) is 19.7. The molecule has 0 aliphatic rings. The van der Waals surface area contributed by atoms with E-state index in [0.29, 0.717) is 11.3 Å². The van der Waals surface area contributed by atoms with E-state index < -0.39 is 0 Å². The molecule has 0 saturated heterocycles. The highest BCUT2D eigenvalue weighted by molar-refractivity contribution is 7.99. The van der Waals surface area contributed by atoms with Crippen molar-refractivity contribution in [2.24, 2.45) is 0 Å². The Morgan fingerprint density at radius 2 is 2.11 bits per heavy atom. The number of nitrogens with two attached hydrogens (primary N) is 1. The number of aromatic amines is 1. The Labute approximate surface area is 107 Å². The molecule has 90 valence electrons. The van der Waals surface area contributed by atoms with Gasteiger partial charge >= 0.3 is 0 Å². The fourth-order valence-electron chi connectivity index (χ4n) is 1.52. The first-order valence-electron chi connectivity index (χ1n) is 5.28. The minimum absolute atomic E-state index is 0.652. The van der Waals surface area contributed by atoms with Gasteiger partial charge in [0.25, 0.3) is 0 Å². The van der Waals surface area contributed by atoms with Gasteiger partial charge in [0, 0.05) is 0 Å². The van der Waals surface area contributed by atoms with E-state index in [1.54, 1.807) is 12.5 Å². The number of hydrogen-bond acceptors (Lipinski definition) is 6. The van der Waals surface area contributed by atoms with E-state index in [-0.39, 0.29) is 0 Å². The molecule has 0 spiro atoms. The standard InChI is InChI=1S/C11H10N6S/c1-6-2-8(13-3-7(6)12)18-11-9-10(15-4-14-9)16-5-17-11/h2-5H,12H2,1H3,(H,14,15,16,17). The van der Waals surface area contributed by atoms with Crippen LogP contribution in [0.2, 0.25) is 0 Å². The van der Waals surface area contributed by atoms with Crippen molar-refractivity contribution in [1.82, 2.24) is 24.9 Å². The second-order valence-corrected chi connectivity index (χ2v) is 4.77. The van der Waals surface area contributed by atoms with Gasteiger partial charge in [0.2, 0.25) is 0 Å². The second kappa shape index (κ2) is 4.26. The molecule has 3 aromatic rings. The molecule has 3 N–H and O–H groups in total. The van der Waals surface area contributed by atoms with Crippen LogP contribution < -0.4 is 5.73 Å². The van der Waals surface area contributed by atoms with Gasteiger partial charge in [-0.1, -0.05) is 0 Å². The van der Waals surface area contributed by atoms with Gasteiger partial charge in [-0.05, 0) is 30.3 Å². The van der Waals surface area contributed by atoms with E-state index >= 15 is 0 Å².